The zero-order valence-corrected chi connectivity index (χ0v) is 11.8. The third kappa shape index (κ3) is 3.50. The van der Waals surface area contributed by atoms with Crippen molar-refractivity contribution in [3.8, 4) is 10.4 Å². The lowest BCUT2D eigenvalue weighted by Gasteiger charge is -2.03. The number of nitrogens with zero attached hydrogens (tertiary/aromatic N) is 2. The number of amides is 1. The van der Waals surface area contributed by atoms with Crippen molar-refractivity contribution in [3.63, 3.8) is 0 Å². The number of rotatable bonds is 5. The van der Waals surface area contributed by atoms with E-state index in [9.17, 15) is 4.79 Å². The van der Waals surface area contributed by atoms with Crippen LogP contribution in [0.4, 0.5) is 0 Å². The number of benzene rings is 1. The molecule has 0 aliphatic rings. The molecule has 0 radical (unpaired) electrons. The summed E-state index contributed by atoms with van der Waals surface area (Å²) >= 11 is 7.02. The normalized spacial score (nSPS) is 10.4. The molecule has 1 aromatic carbocycles. The van der Waals surface area contributed by atoms with Gasteiger partial charge in [0, 0.05) is 18.7 Å². The molecule has 0 saturated heterocycles. The van der Waals surface area contributed by atoms with Crippen molar-refractivity contribution >= 4 is 29.0 Å². The summed E-state index contributed by atoms with van der Waals surface area (Å²) in [5.41, 5.74) is 1.19. The highest BCUT2D eigenvalue weighted by atomic mass is 35.5. The molecule has 0 fully saturated rings. The van der Waals surface area contributed by atoms with E-state index in [1.54, 1.807) is 19.2 Å². The van der Waals surface area contributed by atoms with Crippen LogP contribution >= 0.6 is 23.1 Å². The van der Waals surface area contributed by atoms with Crippen LogP contribution < -0.4 is 5.32 Å². The molecule has 0 aliphatic heterocycles. The minimum Gasteiger partial charge on any atom is -0.383 e. The summed E-state index contributed by atoms with van der Waals surface area (Å²) in [5.74, 6) is -0.254. The topological polar surface area (TPSA) is 64.1 Å². The first-order valence-corrected chi connectivity index (χ1v) is 6.73. The lowest BCUT2D eigenvalue weighted by Crippen LogP contribution is -2.27. The van der Waals surface area contributed by atoms with E-state index >= 15 is 0 Å². The smallest absolute Gasteiger partial charge is 0.273 e. The van der Waals surface area contributed by atoms with Crippen LogP contribution in [-0.4, -0.2) is 35.8 Å². The van der Waals surface area contributed by atoms with Crippen LogP contribution in [0.25, 0.3) is 10.4 Å². The molecular weight excluding hydrogens is 286 g/mol. The Balaban J connectivity index is 2.17. The van der Waals surface area contributed by atoms with Crippen LogP contribution in [0.2, 0.25) is 5.02 Å². The van der Waals surface area contributed by atoms with Gasteiger partial charge in [-0.1, -0.05) is 28.2 Å². The third-order valence-corrected chi connectivity index (χ3v) is 3.43. The van der Waals surface area contributed by atoms with E-state index in [0.717, 1.165) is 10.4 Å². The molecule has 0 bridgehead atoms. The van der Waals surface area contributed by atoms with Gasteiger partial charge in [-0.3, -0.25) is 4.79 Å². The fraction of sp³-hybridized carbons (Fsp3) is 0.250. The van der Waals surface area contributed by atoms with Gasteiger partial charge in [-0.25, -0.2) is 0 Å². The van der Waals surface area contributed by atoms with Gasteiger partial charge in [0.15, 0.2) is 5.69 Å². The molecule has 0 spiro atoms. The number of hydrogen-bond donors (Lipinski definition) is 1. The van der Waals surface area contributed by atoms with Gasteiger partial charge in [0.2, 0.25) is 0 Å². The second kappa shape index (κ2) is 6.60. The molecule has 1 aromatic heterocycles. The van der Waals surface area contributed by atoms with E-state index < -0.39 is 0 Å². The van der Waals surface area contributed by atoms with Gasteiger partial charge in [-0.2, -0.15) is 0 Å². The Hall–Kier alpha value is -1.50. The predicted molar refractivity (Wildman–Crippen MR) is 74.6 cm³/mol. The summed E-state index contributed by atoms with van der Waals surface area (Å²) in [6.45, 7) is 0.895. The van der Waals surface area contributed by atoms with Crippen molar-refractivity contribution in [3.05, 3.63) is 35.0 Å². The Kier molecular flexibility index (Phi) is 4.84. The maximum Gasteiger partial charge on any atom is 0.273 e. The molecule has 0 aliphatic carbocycles. The summed E-state index contributed by atoms with van der Waals surface area (Å²) in [6, 6.07) is 7.21. The van der Waals surface area contributed by atoms with E-state index in [1.807, 2.05) is 12.1 Å². The Morgan fingerprint density at radius 2 is 2.16 bits per heavy atom. The molecular formula is C12H12ClN3O2S. The Bertz CT molecular complexity index is 556. The molecule has 0 atom stereocenters. The molecule has 2 aromatic rings. The highest BCUT2D eigenvalue weighted by Crippen LogP contribution is 2.27. The molecule has 0 unspecified atom stereocenters. The van der Waals surface area contributed by atoms with Crippen LogP contribution in [0.5, 0.6) is 0 Å². The van der Waals surface area contributed by atoms with Gasteiger partial charge in [-0.05, 0) is 29.2 Å². The number of carbonyl (C=O) groups excluding carboxylic acids is 1. The maximum absolute atomic E-state index is 12.0. The predicted octanol–water partition coefficient (Wildman–Crippen LogP) is 2.23. The summed E-state index contributed by atoms with van der Waals surface area (Å²) in [7, 11) is 1.58. The Labute approximate surface area is 119 Å². The second-order valence-corrected chi connectivity index (χ2v) is 4.90. The third-order valence-electron chi connectivity index (χ3n) is 2.40. The average Bonchev–Trinajstić information content (AvgIpc) is 2.89. The maximum atomic E-state index is 12.0. The molecule has 100 valence electrons. The number of halogens is 1. The van der Waals surface area contributed by atoms with Crippen LogP contribution in [0.1, 0.15) is 10.5 Å². The van der Waals surface area contributed by atoms with E-state index in [0.29, 0.717) is 23.9 Å². The van der Waals surface area contributed by atoms with E-state index in [1.165, 1.54) is 11.5 Å². The second-order valence-electron chi connectivity index (χ2n) is 3.71. The molecule has 5 nitrogen and oxygen atoms in total. The quantitative estimate of drug-likeness (QED) is 0.860. The molecule has 0 saturated carbocycles. The fourth-order valence-corrected chi connectivity index (χ4v) is 2.27. The number of nitrogens with one attached hydrogen (secondary N) is 1. The number of ether oxygens (including phenoxy) is 1. The Morgan fingerprint density at radius 1 is 1.42 bits per heavy atom. The van der Waals surface area contributed by atoms with Crippen molar-refractivity contribution in [2.45, 2.75) is 0 Å². The first-order valence-electron chi connectivity index (χ1n) is 5.58. The monoisotopic (exact) mass is 297 g/mol. The average molecular weight is 298 g/mol. The summed E-state index contributed by atoms with van der Waals surface area (Å²) in [5, 5.41) is 7.24. The van der Waals surface area contributed by atoms with Gasteiger partial charge in [-0.15, -0.1) is 5.10 Å². The number of hydrogen-bond acceptors (Lipinski definition) is 5. The summed E-state index contributed by atoms with van der Waals surface area (Å²) < 4.78 is 8.71. The lowest BCUT2D eigenvalue weighted by molar-refractivity contribution is 0.0933. The van der Waals surface area contributed by atoms with Gasteiger partial charge in [0.25, 0.3) is 5.91 Å². The summed E-state index contributed by atoms with van der Waals surface area (Å²) in [6.07, 6.45) is 0. The van der Waals surface area contributed by atoms with Crippen LogP contribution in [0.15, 0.2) is 24.3 Å². The highest BCUT2D eigenvalue weighted by Gasteiger charge is 2.17. The summed E-state index contributed by atoms with van der Waals surface area (Å²) in [4.78, 5) is 12.7. The van der Waals surface area contributed by atoms with Crippen molar-refractivity contribution in [1.29, 1.82) is 0 Å². The molecule has 7 heteroatoms. The zero-order valence-electron chi connectivity index (χ0n) is 10.2. The van der Waals surface area contributed by atoms with Crippen molar-refractivity contribution in [2.24, 2.45) is 0 Å². The minimum atomic E-state index is -0.254. The van der Waals surface area contributed by atoms with Crippen LogP contribution in [-0.2, 0) is 4.74 Å². The van der Waals surface area contributed by atoms with E-state index in [-0.39, 0.29) is 5.91 Å². The lowest BCUT2D eigenvalue weighted by atomic mass is 10.1. The van der Waals surface area contributed by atoms with Gasteiger partial charge >= 0.3 is 0 Å². The van der Waals surface area contributed by atoms with Crippen LogP contribution in [0, 0.1) is 0 Å². The van der Waals surface area contributed by atoms with Crippen LogP contribution in [0.3, 0.4) is 0 Å². The highest BCUT2D eigenvalue weighted by molar-refractivity contribution is 7.09. The van der Waals surface area contributed by atoms with Crippen molar-refractivity contribution < 1.29 is 9.53 Å². The first-order chi connectivity index (χ1) is 9.22. The number of aromatic nitrogens is 2. The van der Waals surface area contributed by atoms with E-state index in [2.05, 4.69) is 14.9 Å². The SMILES string of the molecule is COCCNC(=O)c1nnsc1-c1ccc(Cl)cc1. The molecule has 1 N–H and O–H groups in total. The molecule has 19 heavy (non-hydrogen) atoms. The number of methoxy groups -OCH3 is 1. The molecule has 2 rings (SSSR count). The standard InChI is InChI=1S/C12H12ClN3O2S/c1-18-7-6-14-12(17)10-11(19-16-15-10)8-2-4-9(13)5-3-8/h2-5H,6-7H2,1H3,(H,14,17). The van der Waals surface area contributed by atoms with Gasteiger partial charge < -0.3 is 10.1 Å². The minimum absolute atomic E-state index is 0.254. The van der Waals surface area contributed by atoms with Crippen molar-refractivity contribution in [2.75, 3.05) is 20.3 Å². The van der Waals surface area contributed by atoms with Gasteiger partial charge in [0.1, 0.15) is 0 Å². The number of carbonyl (C=O) groups is 1. The Morgan fingerprint density at radius 3 is 2.84 bits per heavy atom. The molecule has 1 amide bonds. The zero-order chi connectivity index (χ0) is 13.7. The molecule has 1 heterocycles. The fourth-order valence-electron chi connectivity index (χ4n) is 1.48. The van der Waals surface area contributed by atoms with E-state index in [4.69, 9.17) is 16.3 Å². The van der Waals surface area contributed by atoms with Crippen molar-refractivity contribution in [1.82, 2.24) is 14.9 Å². The first kappa shape index (κ1) is 13.9. The largest absolute Gasteiger partial charge is 0.383 e. The van der Waals surface area contributed by atoms with Gasteiger partial charge in [0.05, 0.1) is 11.5 Å².